The zero-order valence-electron chi connectivity index (χ0n) is 22.2. The number of piperidine rings is 1. The van der Waals surface area contributed by atoms with E-state index in [-0.39, 0.29) is 11.6 Å². The van der Waals surface area contributed by atoms with Crippen molar-refractivity contribution >= 4 is 17.0 Å². The molecule has 5 rings (SSSR count). The van der Waals surface area contributed by atoms with E-state index >= 15 is 0 Å². The van der Waals surface area contributed by atoms with Crippen LogP contribution < -0.4 is 10.9 Å². The molecule has 36 heavy (non-hydrogen) atoms. The molecule has 0 amide bonds. The molecule has 2 fully saturated rings. The molecule has 1 saturated carbocycles. The van der Waals surface area contributed by atoms with Crippen molar-refractivity contribution in [2.24, 2.45) is 0 Å². The normalized spacial score (nSPS) is 17.9. The number of anilines is 1. The Morgan fingerprint density at radius 1 is 1.06 bits per heavy atom. The maximum absolute atomic E-state index is 13.8. The Morgan fingerprint density at radius 3 is 2.44 bits per heavy atom. The highest BCUT2D eigenvalue weighted by Gasteiger charge is 2.24. The SMILES string of the molecule is CCCN1CCC(Nc2ncc3cc(Cc4ccc(C(C)C)cc4)c(=O)n(C4CCCC4)c3n2)CC1. The molecule has 3 aromatic rings. The summed E-state index contributed by atoms with van der Waals surface area (Å²) in [6, 6.07) is 11.3. The second kappa shape index (κ2) is 11.1. The van der Waals surface area contributed by atoms with E-state index < -0.39 is 0 Å². The van der Waals surface area contributed by atoms with Crippen LogP contribution >= 0.6 is 0 Å². The van der Waals surface area contributed by atoms with Crippen LogP contribution in [0.3, 0.4) is 0 Å². The summed E-state index contributed by atoms with van der Waals surface area (Å²) in [7, 11) is 0. The summed E-state index contributed by atoms with van der Waals surface area (Å²) in [5, 5.41) is 4.53. The molecule has 1 aromatic carbocycles. The molecule has 1 N–H and O–H groups in total. The van der Waals surface area contributed by atoms with Gasteiger partial charge >= 0.3 is 0 Å². The molecule has 0 unspecified atom stereocenters. The lowest BCUT2D eigenvalue weighted by molar-refractivity contribution is 0.219. The fourth-order valence-corrected chi connectivity index (χ4v) is 5.91. The molecule has 0 bridgehead atoms. The van der Waals surface area contributed by atoms with Crippen molar-refractivity contribution in [3.05, 3.63) is 63.6 Å². The predicted octanol–water partition coefficient (Wildman–Crippen LogP) is 5.91. The predicted molar refractivity (Wildman–Crippen MR) is 148 cm³/mol. The molecule has 6 heteroatoms. The molecular weight excluding hydrogens is 446 g/mol. The van der Waals surface area contributed by atoms with Crippen LogP contribution in [-0.2, 0) is 6.42 Å². The smallest absolute Gasteiger partial charge is 0.256 e. The first-order valence-corrected chi connectivity index (χ1v) is 14.0. The van der Waals surface area contributed by atoms with Crippen LogP contribution in [0.2, 0.25) is 0 Å². The second-order valence-electron chi connectivity index (χ2n) is 11.1. The number of nitrogens with one attached hydrogen (secondary N) is 1. The van der Waals surface area contributed by atoms with Crippen LogP contribution in [0.5, 0.6) is 0 Å². The van der Waals surface area contributed by atoms with Gasteiger partial charge in [0.15, 0.2) is 0 Å². The number of hydrogen-bond acceptors (Lipinski definition) is 5. The third-order valence-electron chi connectivity index (χ3n) is 8.04. The Kier molecular flexibility index (Phi) is 7.70. The van der Waals surface area contributed by atoms with Gasteiger partial charge in [-0.3, -0.25) is 9.36 Å². The molecule has 1 saturated heterocycles. The van der Waals surface area contributed by atoms with Gasteiger partial charge in [0, 0.05) is 48.7 Å². The zero-order valence-corrected chi connectivity index (χ0v) is 22.2. The van der Waals surface area contributed by atoms with Crippen molar-refractivity contribution in [1.29, 1.82) is 0 Å². The molecule has 3 heterocycles. The minimum Gasteiger partial charge on any atom is -0.351 e. The van der Waals surface area contributed by atoms with Crippen LogP contribution in [0.4, 0.5) is 5.95 Å². The summed E-state index contributed by atoms with van der Waals surface area (Å²) < 4.78 is 2.00. The van der Waals surface area contributed by atoms with E-state index in [1.807, 2.05) is 16.8 Å². The quantitative estimate of drug-likeness (QED) is 0.428. The van der Waals surface area contributed by atoms with Gasteiger partial charge in [0.1, 0.15) is 5.65 Å². The highest BCUT2D eigenvalue weighted by atomic mass is 16.1. The zero-order chi connectivity index (χ0) is 25.1. The first-order valence-electron chi connectivity index (χ1n) is 14.0. The maximum Gasteiger partial charge on any atom is 0.256 e. The first kappa shape index (κ1) is 24.9. The lowest BCUT2D eigenvalue weighted by atomic mass is 9.99. The van der Waals surface area contributed by atoms with E-state index in [9.17, 15) is 4.79 Å². The van der Waals surface area contributed by atoms with Crippen LogP contribution in [0.1, 0.15) is 94.4 Å². The molecule has 2 aliphatic rings. The number of hydrogen-bond donors (Lipinski definition) is 1. The molecule has 192 valence electrons. The van der Waals surface area contributed by atoms with Gasteiger partial charge in [0.25, 0.3) is 5.56 Å². The van der Waals surface area contributed by atoms with E-state index in [2.05, 4.69) is 60.2 Å². The van der Waals surface area contributed by atoms with Gasteiger partial charge in [0.05, 0.1) is 0 Å². The Balaban J connectivity index is 1.43. The molecular formula is C30H41N5O. The van der Waals surface area contributed by atoms with Crippen molar-refractivity contribution in [2.45, 2.75) is 90.1 Å². The molecule has 6 nitrogen and oxygen atoms in total. The molecule has 0 spiro atoms. The van der Waals surface area contributed by atoms with Crippen LogP contribution in [0, 0.1) is 0 Å². The van der Waals surface area contributed by atoms with Crippen LogP contribution in [0.15, 0.2) is 41.3 Å². The standard InChI is InChI=1S/C30H41N5O/c1-4-15-34-16-13-26(14-17-34)32-30-31-20-25-19-24(18-22-9-11-23(12-10-22)21(2)3)29(36)35(28(25)33-30)27-7-5-6-8-27/h9-12,19-21,26-27H,4-8,13-18H2,1-3H3,(H,31,32,33). The minimum absolute atomic E-state index is 0.111. The van der Waals surface area contributed by atoms with Crippen molar-refractivity contribution in [3.63, 3.8) is 0 Å². The van der Waals surface area contributed by atoms with Gasteiger partial charge in [-0.25, -0.2) is 4.98 Å². The number of aromatic nitrogens is 3. The number of nitrogens with zero attached hydrogens (tertiary/aromatic N) is 4. The fourth-order valence-electron chi connectivity index (χ4n) is 5.91. The first-order chi connectivity index (χ1) is 17.5. The summed E-state index contributed by atoms with van der Waals surface area (Å²) in [6.07, 6.45) is 10.4. The third-order valence-corrected chi connectivity index (χ3v) is 8.04. The highest BCUT2D eigenvalue weighted by Crippen LogP contribution is 2.31. The largest absolute Gasteiger partial charge is 0.351 e. The van der Waals surface area contributed by atoms with E-state index in [1.165, 1.54) is 36.9 Å². The maximum atomic E-state index is 13.8. The minimum atomic E-state index is 0.111. The monoisotopic (exact) mass is 487 g/mol. The summed E-state index contributed by atoms with van der Waals surface area (Å²) >= 11 is 0. The van der Waals surface area contributed by atoms with Gasteiger partial charge in [-0.2, -0.15) is 4.98 Å². The summed E-state index contributed by atoms with van der Waals surface area (Å²) in [4.78, 5) is 26.0. The van der Waals surface area contributed by atoms with Gasteiger partial charge in [-0.1, -0.05) is 57.9 Å². The number of pyridine rings is 1. The number of likely N-dealkylation sites (tertiary alicyclic amines) is 1. The van der Waals surface area contributed by atoms with E-state index in [4.69, 9.17) is 4.98 Å². The van der Waals surface area contributed by atoms with Crippen molar-refractivity contribution < 1.29 is 0 Å². The Bertz CT molecular complexity index is 1220. The van der Waals surface area contributed by atoms with Crippen molar-refractivity contribution in [1.82, 2.24) is 19.4 Å². The molecule has 1 aliphatic carbocycles. The summed E-state index contributed by atoms with van der Waals surface area (Å²) in [5.41, 5.74) is 4.22. The lowest BCUT2D eigenvalue weighted by Gasteiger charge is -2.32. The highest BCUT2D eigenvalue weighted by molar-refractivity contribution is 5.76. The Morgan fingerprint density at radius 2 is 1.78 bits per heavy atom. The van der Waals surface area contributed by atoms with Gasteiger partial charge in [0.2, 0.25) is 5.95 Å². The fraction of sp³-hybridized carbons (Fsp3) is 0.567. The Labute approximate surface area is 215 Å². The second-order valence-corrected chi connectivity index (χ2v) is 11.1. The number of rotatable bonds is 8. The van der Waals surface area contributed by atoms with Crippen LogP contribution in [-0.4, -0.2) is 45.1 Å². The molecule has 2 aromatic heterocycles. The van der Waals surface area contributed by atoms with Crippen molar-refractivity contribution in [3.8, 4) is 0 Å². The average Bonchev–Trinajstić information content (AvgIpc) is 3.41. The third kappa shape index (κ3) is 5.49. The van der Waals surface area contributed by atoms with Crippen molar-refractivity contribution in [2.75, 3.05) is 25.0 Å². The van der Waals surface area contributed by atoms with E-state index in [0.29, 0.717) is 24.3 Å². The Hall–Kier alpha value is -2.73. The summed E-state index contributed by atoms with van der Waals surface area (Å²) in [6.45, 7) is 10.1. The topological polar surface area (TPSA) is 63.1 Å². The molecule has 0 atom stereocenters. The van der Waals surface area contributed by atoms with E-state index in [1.54, 1.807) is 0 Å². The lowest BCUT2D eigenvalue weighted by Crippen LogP contribution is -2.39. The van der Waals surface area contributed by atoms with Crippen LogP contribution in [0.25, 0.3) is 11.0 Å². The van der Waals surface area contributed by atoms with Gasteiger partial charge < -0.3 is 10.2 Å². The van der Waals surface area contributed by atoms with E-state index in [0.717, 1.165) is 55.4 Å². The average molecular weight is 488 g/mol. The summed E-state index contributed by atoms with van der Waals surface area (Å²) in [5.74, 6) is 1.16. The van der Waals surface area contributed by atoms with Gasteiger partial charge in [-0.15, -0.1) is 0 Å². The van der Waals surface area contributed by atoms with Gasteiger partial charge in [-0.05, 0) is 61.8 Å². The number of benzene rings is 1. The number of fused-ring (bicyclic) bond motifs is 1. The molecule has 1 aliphatic heterocycles. The molecule has 0 radical (unpaired) electrons.